The quantitative estimate of drug-likeness (QED) is 0.876. The van der Waals surface area contributed by atoms with Crippen LogP contribution in [0.2, 0.25) is 0 Å². The molecule has 17 heavy (non-hydrogen) atoms. The minimum atomic E-state index is 0.627. The van der Waals surface area contributed by atoms with E-state index < -0.39 is 0 Å². The molecule has 0 amide bonds. The Morgan fingerprint density at radius 3 is 3.12 bits per heavy atom. The highest BCUT2D eigenvalue weighted by molar-refractivity contribution is 9.10. The SMILES string of the molecule is Cn1c(C2CCCNC2)cc2cc(Br)cnc21. The highest BCUT2D eigenvalue weighted by Crippen LogP contribution is 2.28. The maximum absolute atomic E-state index is 4.49. The van der Waals surface area contributed by atoms with Gasteiger partial charge in [-0.2, -0.15) is 0 Å². The van der Waals surface area contributed by atoms with Crippen molar-refractivity contribution in [2.24, 2.45) is 7.05 Å². The van der Waals surface area contributed by atoms with Gasteiger partial charge < -0.3 is 9.88 Å². The molecule has 0 spiro atoms. The lowest BCUT2D eigenvalue weighted by Crippen LogP contribution is -2.29. The second-order valence-corrected chi connectivity index (χ2v) is 5.65. The van der Waals surface area contributed by atoms with Crippen LogP contribution in [0.1, 0.15) is 24.5 Å². The summed E-state index contributed by atoms with van der Waals surface area (Å²) in [4.78, 5) is 4.49. The first-order chi connectivity index (χ1) is 8.25. The van der Waals surface area contributed by atoms with Gasteiger partial charge in [-0.3, -0.25) is 0 Å². The van der Waals surface area contributed by atoms with E-state index >= 15 is 0 Å². The second kappa shape index (κ2) is 4.42. The maximum Gasteiger partial charge on any atom is 0.139 e. The third-order valence-electron chi connectivity index (χ3n) is 3.59. The number of rotatable bonds is 1. The first-order valence-corrected chi connectivity index (χ1v) is 6.86. The van der Waals surface area contributed by atoms with Crippen molar-refractivity contribution in [3.05, 3.63) is 28.5 Å². The smallest absolute Gasteiger partial charge is 0.139 e. The topological polar surface area (TPSA) is 29.9 Å². The van der Waals surface area contributed by atoms with Crippen LogP contribution in [0.3, 0.4) is 0 Å². The van der Waals surface area contributed by atoms with Crippen LogP contribution in [0.5, 0.6) is 0 Å². The van der Waals surface area contributed by atoms with Crippen molar-refractivity contribution in [1.82, 2.24) is 14.9 Å². The Bertz CT molecular complexity index is 541. The van der Waals surface area contributed by atoms with Crippen molar-refractivity contribution in [3.63, 3.8) is 0 Å². The third-order valence-corrected chi connectivity index (χ3v) is 4.02. The van der Waals surface area contributed by atoms with E-state index in [-0.39, 0.29) is 0 Å². The number of pyridine rings is 1. The first kappa shape index (κ1) is 11.2. The monoisotopic (exact) mass is 293 g/mol. The average molecular weight is 294 g/mol. The summed E-state index contributed by atoms with van der Waals surface area (Å²) in [5.41, 5.74) is 2.48. The van der Waals surface area contributed by atoms with E-state index in [0.29, 0.717) is 5.92 Å². The number of halogens is 1. The van der Waals surface area contributed by atoms with Crippen molar-refractivity contribution >= 4 is 27.0 Å². The van der Waals surface area contributed by atoms with Gasteiger partial charge in [-0.15, -0.1) is 0 Å². The molecule has 3 heterocycles. The Morgan fingerprint density at radius 2 is 2.35 bits per heavy atom. The van der Waals surface area contributed by atoms with Gasteiger partial charge in [-0.05, 0) is 47.4 Å². The minimum absolute atomic E-state index is 0.627. The fourth-order valence-corrected chi connectivity index (χ4v) is 3.06. The van der Waals surface area contributed by atoms with Crippen LogP contribution in [-0.4, -0.2) is 22.6 Å². The van der Waals surface area contributed by atoms with Crippen molar-refractivity contribution in [2.45, 2.75) is 18.8 Å². The number of aromatic nitrogens is 2. The van der Waals surface area contributed by atoms with E-state index in [0.717, 1.165) is 23.2 Å². The standard InChI is InChI=1S/C13H16BrN3/c1-17-12(9-3-2-4-15-7-9)6-10-5-11(14)8-16-13(10)17/h5-6,8-9,15H,2-4,7H2,1H3. The summed E-state index contributed by atoms with van der Waals surface area (Å²) in [7, 11) is 2.12. The fourth-order valence-electron chi connectivity index (χ4n) is 2.71. The van der Waals surface area contributed by atoms with E-state index in [1.807, 2.05) is 6.20 Å². The summed E-state index contributed by atoms with van der Waals surface area (Å²) in [6, 6.07) is 4.42. The van der Waals surface area contributed by atoms with Crippen LogP contribution >= 0.6 is 15.9 Å². The van der Waals surface area contributed by atoms with Crippen molar-refractivity contribution in [1.29, 1.82) is 0 Å². The summed E-state index contributed by atoms with van der Waals surface area (Å²) in [5.74, 6) is 0.627. The number of nitrogens with one attached hydrogen (secondary N) is 1. The van der Waals surface area contributed by atoms with Gasteiger partial charge in [0.05, 0.1) is 0 Å². The Morgan fingerprint density at radius 1 is 1.47 bits per heavy atom. The largest absolute Gasteiger partial charge is 0.332 e. The average Bonchev–Trinajstić information content (AvgIpc) is 2.67. The summed E-state index contributed by atoms with van der Waals surface area (Å²) in [6.45, 7) is 2.25. The zero-order valence-electron chi connectivity index (χ0n) is 9.91. The molecule has 0 aliphatic carbocycles. The number of fused-ring (bicyclic) bond motifs is 1. The van der Waals surface area contributed by atoms with Crippen molar-refractivity contribution in [2.75, 3.05) is 13.1 Å². The Kier molecular flexibility index (Phi) is 2.92. The molecule has 0 bridgehead atoms. The zero-order chi connectivity index (χ0) is 11.8. The van der Waals surface area contributed by atoms with Crippen LogP contribution in [-0.2, 0) is 7.05 Å². The normalized spacial score (nSPS) is 20.9. The molecule has 2 aromatic heterocycles. The Labute approximate surface area is 109 Å². The van der Waals surface area contributed by atoms with Crippen molar-refractivity contribution < 1.29 is 0 Å². The molecule has 0 aromatic carbocycles. The predicted molar refractivity (Wildman–Crippen MR) is 73.3 cm³/mol. The summed E-state index contributed by atoms with van der Waals surface area (Å²) in [5, 5.41) is 4.70. The van der Waals surface area contributed by atoms with Gasteiger partial charge in [0.15, 0.2) is 0 Å². The molecule has 0 saturated carbocycles. The highest BCUT2D eigenvalue weighted by atomic mass is 79.9. The lowest BCUT2D eigenvalue weighted by molar-refractivity contribution is 0.448. The minimum Gasteiger partial charge on any atom is -0.332 e. The molecule has 90 valence electrons. The van der Waals surface area contributed by atoms with Crippen LogP contribution in [0.4, 0.5) is 0 Å². The number of hydrogen-bond donors (Lipinski definition) is 1. The fraction of sp³-hybridized carbons (Fsp3) is 0.462. The van der Waals surface area contributed by atoms with Crippen LogP contribution in [0, 0.1) is 0 Å². The first-order valence-electron chi connectivity index (χ1n) is 6.07. The van der Waals surface area contributed by atoms with Gasteiger partial charge in [0.25, 0.3) is 0 Å². The Balaban J connectivity index is 2.07. The van der Waals surface area contributed by atoms with Crippen molar-refractivity contribution in [3.8, 4) is 0 Å². The highest BCUT2D eigenvalue weighted by Gasteiger charge is 2.19. The molecular weight excluding hydrogens is 278 g/mol. The molecule has 1 fully saturated rings. The molecule has 3 rings (SSSR count). The predicted octanol–water partition coefficient (Wildman–Crippen LogP) is 2.80. The molecule has 1 N–H and O–H groups in total. The van der Waals surface area contributed by atoms with Crippen LogP contribution < -0.4 is 5.32 Å². The van der Waals surface area contributed by atoms with E-state index in [1.54, 1.807) is 0 Å². The molecule has 4 heteroatoms. The van der Waals surface area contributed by atoms with Crippen LogP contribution in [0.25, 0.3) is 11.0 Å². The van der Waals surface area contributed by atoms with E-state index in [2.05, 4.69) is 50.0 Å². The number of nitrogens with zero attached hydrogens (tertiary/aromatic N) is 2. The molecule has 1 saturated heterocycles. The van der Waals surface area contributed by atoms with Gasteiger partial charge in [-0.25, -0.2) is 4.98 Å². The number of aryl methyl sites for hydroxylation is 1. The number of hydrogen-bond acceptors (Lipinski definition) is 2. The van der Waals surface area contributed by atoms with Gasteiger partial charge in [-0.1, -0.05) is 0 Å². The van der Waals surface area contributed by atoms with Crippen LogP contribution in [0.15, 0.2) is 22.8 Å². The number of piperidine rings is 1. The maximum atomic E-state index is 4.49. The van der Waals surface area contributed by atoms with E-state index in [4.69, 9.17) is 0 Å². The second-order valence-electron chi connectivity index (χ2n) is 4.74. The zero-order valence-corrected chi connectivity index (χ0v) is 11.5. The molecule has 0 radical (unpaired) electrons. The molecular formula is C13H16BrN3. The molecule has 1 unspecified atom stereocenters. The lowest BCUT2D eigenvalue weighted by atomic mass is 9.96. The molecule has 2 aromatic rings. The van der Waals surface area contributed by atoms with Gasteiger partial charge in [0.2, 0.25) is 0 Å². The third kappa shape index (κ3) is 2.00. The lowest BCUT2D eigenvalue weighted by Gasteiger charge is -2.23. The molecule has 1 aliphatic rings. The summed E-state index contributed by atoms with van der Waals surface area (Å²) >= 11 is 3.48. The summed E-state index contributed by atoms with van der Waals surface area (Å²) < 4.78 is 3.28. The molecule has 3 nitrogen and oxygen atoms in total. The van der Waals surface area contributed by atoms with E-state index in [9.17, 15) is 0 Å². The molecule has 1 atom stereocenters. The van der Waals surface area contributed by atoms with Gasteiger partial charge in [0.1, 0.15) is 5.65 Å². The van der Waals surface area contributed by atoms with Gasteiger partial charge in [0, 0.05) is 41.3 Å². The van der Waals surface area contributed by atoms with Gasteiger partial charge >= 0.3 is 0 Å². The Hall–Kier alpha value is -0.870. The summed E-state index contributed by atoms with van der Waals surface area (Å²) in [6.07, 6.45) is 4.41. The molecule has 1 aliphatic heterocycles. The van der Waals surface area contributed by atoms with E-state index in [1.165, 1.54) is 23.9 Å².